The van der Waals surface area contributed by atoms with Gasteiger partial charge in [0.25, 0.3) is 0 Å². The Labute approximate surface area is 462 Å². The third kappa shape index (κ3) is 9.86. The van der Waals surface area contributed by atoms with Gasteiger partial charge in [-0.05, 0) is 200 Å². The summed E-state index contributed by atoms with van der Waals surface area (Å²) in [6.07, 6.45) is 16.3. The van der Waals surface area contributed by atoms with Gasteiger partial charge in [-0.3, -0.25) is 0 Å². The molecule has 4 nitrogen and oxygen atoms in total. The number of halogens is 1. The molecule has 0 bridgehead atoms. The van der Waals surface area contributed by atoms with Gasteiger partial charge in [0.1, 0.15) is 23.0 Å². The van der Waals surface area contributed by atoms with Crippen molar-refractivity contribution in [1.82, 2.24) is 0 Å². The maximum Gasteiger partial charge on any atom is 0.230 e. The van der Waals surface area contributed by atoms with E-state index in [9.17, 15) is 0 Å². The zero-order valence-electron chi connectivity index (χ0n) is 44.5. The SMILES string of the molecule is CCCC1CCC(c2ccc(-c3ccc4ccc5c(c4c3)-c3c(ccc4ccc(Br)cc34)OCO5)cc2)CC1.CCCC1CCC(c2ccc(-c3ccc4ccc5c(c4c3)-c3c(ccc4ccccc34)OCO5)cc2)CC1. The summed E-state index contributed by atoms with van der Waals surface area (Å²) >= 11 is 3.68. The van der Waals surface area contributed by atoms with E-state index in [1.807, 2.05) is 0 Å². The molecule has 5 heteroatoms. The lowest BCUT2D eigenvalue weighted by Crippen LogP contribution is -2.13. The first-order valence-corrected chi connectivity index (χ1v) is 29.4. The van der Waals surface area contributed by atoms with Gasteiger partial charge in [0.15, 0.2) is 0 Å². The van der Waals surface area contributed by atoms with E-state index in [1.165, 1.54) is 148 Å². The number of benzene rings is 10. The van der Waals surface area contributed by atoms with Crippen LogP contribution in [0.4, 0.5) is 0 Å². The van der Waals surface area contributed by atoms with Gasteiger partial charge in [0, 0.05) is 26.7 Å². The summed E-state index contributed by atoms with van der Waals surface area (Å²) < 4.78 is 25.5. The molecule has 2 saturated carbocycles. The molecule has 2 fully saturated rings. The second kappa shape index (κ2) is 21.7. The highest BCUT2D eigenvalue weighted by molar-refractivity contribution is 9.10. The fourth-order valence-corrected chi connectivity index (χ4v) is 13.9. The second-order valence-corrected chi connectivity index (χ2v) is 23.2. The van der Waals surface area contributed by atoms with Crippen LogP contribution in [0, 0.1) is 11.8 Å². The smallest absolute Gasteiger partial charge is 0.230 e. The van der Waals surface area contributed by atoms with Crippen LogP contribution in [0.3, 0.4) is 0 Å². The maximum atomic E-state index is 6.14. The van der Waals surface area contributed by atoms with Crippen LogP contribution in [0.25, 0.3) is 87.6 Å². The van der Waals surface area contributed by atoms with Crippen molar-refractivity contribution in [2.75, 3.05) is 13.6 Å². The minimum atomic E-state index is 0.201. The molecule has 0 radical (unpaired) electrons. The zero-order valence-corrected chi connectivity index (χ0v) is 46.0. The van der Waals surface area contributed by atoms with E-state index in [-0.39, 0.29) is 13.6 Å². The Bertz CT molecular complexity index is 3770. The number of fused-ring (bicyclic) bond motifs is 14. The lowest BCUT2D eigenvalue weighted by Gasteiger charge is -2.28. The summed E-state index contributed by atoms with van der Waals surface area (Å²) in [5, 5.41) is 9.51. The zero-order chi connectivity index (χ0) is 51.8. The van der Waals surface area contributed by atoms with Gasteiger partial charge in [-0.2, -0.15) is 0 Å². The molecule has 386 valence electrons. The molecule has 14 rings (SSSR count). The number of hydrogen-bond donors (Lipinski definition) is 0. The van der Waals surface area contributed by atoms with Gasteiger partial charge < -0.3 is 18.9 Å². The highest BCUT2D eigenvalue weighted by atomic mass is 79.9. The van der Waals surface area contributed by atoms with E-state index in [2.05, 4.69) is 206 Å². The quantitative estimate of drug-likeness (QED) is 0.152. The van der Waals surface area contributed by atoms with Crippen LogP contribution in [-0.4, -0.2) is 13.6 Å². The molecule has 77 heavy (non-hydrogen) atoms. The van der Waals surface area contributed by atoms with Gasteiger partial charge in [-0.1, -0.05) is 183 Å². The van der Waals surface area contributed by atoms with Gasteiger partial charge >= 0.3 is 0 Å². The molecule has 0 unspecified atom stereocenters. The first-order chi connectivity index (χ1) is 38.0. The molecule has 2 heterocycles. The van der Waals surface area contributed by atoms with E-state index in [0.29, 0.717) is 11.8 Å². The van der Waals surface area contributed by atoms with Crippen LogP contribution in [0.1, 0.15) is 114 Å². The van der Waals surface area contributed by atoms with Crippen LogP contribution < -0.4 is 18.9 Å². The third-order valence-electron chi connectivity index (χ3n) is 17.7. The van der Waals surface area contributed by atoms with E-state index in [4.69, 9.17) is 18.9 Å². The Morgan fingerprint density at radius 3 is 1.13 bits per heavy atom. The molecule has 0 amide bonds. The predicted octanol–water partition coefficient (Wildman–Crippen LogP) is 21.0. The number of rotatable bonds is 8. The Morgan fingerprint density at radius 1 is 0.351 bits per heavy atom. The van der Waals surface area contributed by atoms with Gasteiger partial charge in [0.05, 0.1) is 0 Å². The standard InChI is InChI=1S/C36H33BrO2.C36H34O2/c1-2-3-23-4-6-24(7-5-23)25-8-10-26(11-9-25)29-13-12-27-15-18-33-35(31(27)20-29)36-32-21-30(37)17-14-28(32)16-19-34(36)39-22-38-33;1-2-5-24-8-10-25(11-9-24)26-12-14-27(15-13-26)30-17-16-29-19-21-34-36(32(29)22-30)35-31-7-4-3-6-28(31)18-20-33(35)37-23-38-34/h8-21,23-24H,2-7,22H2,1H3;3-4,6-7,12-22,24-25H,2,5,8-11,23H2,1H3. The van der Waals surface area contributed by atoms with Gasteiger partial charge in [-0.25, -0.2) is 0 Å². The van der Waals surface area contributed by atoms with Crippen LogP contribution in [0.5, 0.6) is 23.0 Å². The highest BCUT2D eigenvalue weighted by Crippen LogP contribution is 2.50. The third-order valence-corrected chi connectivity index (χ3v) is 18.2. The normalized spacial score (nSPS) is 18.7. The van der Waals surface area contributed by atoms with Crippen molar-refractivity contribution in [2.45, 2.75) is 103 Å². The predicted molar refractivity (Wildman–Crippen MR) is 324 cm³/mol. The summed E-state index contributed by atoms with van der Waals surface area (Å²) in [6, 6.07) is 64.2. The average Bonchev–Trinajstić information content (AvgIpc) is 3.91. The fourth-order valence-electron chi connectivity index (χ4n) is 13.6. The fraction of sp³-hybridized carbons (Fsp3) is 0.278. The molecule has 0 atom stereocenters. The largest absolute Gasteiger partial charge is 0.457 e. The molecule has 10 aromatic carbocycles. The Hall–Kier alpha value is -7.08. The summed E-state index contributed by atoms with van der Waals surface area (Å²) in [6.45, 7) is 5.05. The average molecular weight is 1080 g/mol. The number of ether oxygens (including phenoxy) is 4. The monoisotopic (exact) mass is 1070 g/mol. The molecule has 4 aliphatic rings. The van der Waals surface area contributed by atoms with Crippen LogP contribution in [-0.2, 0) is 0 Å². The molecule has 0 aromatic heterocycles. The lowest BCUT2D eigenvalue weighted by molar-refractivity contribution is 0.124. The van der Waals surface area contributed by atoms with E-state index in [1.54, 1.807) is 0 Å². The maximum absolute atomic E-state index is 6.14. The van der Waals surface area contributed by atoms with Crippen LogP contribution in [0.15, 0.2) is 180 Å². The van der Waals surface area contributed by atoms with Crippen molar-refractivity contribution in [3.05, 3.63) is 192 Å². The molecule has 10 aromatic rings. The van der Waals surface area contributed by atoms with Crippen molar-refractivity contribution < 1.29 is 18.9 Å². The van der Waals surface area contributed by atoms with Crippen molar-refractivity contribution in [3.63, 3.8) is 0 Å². The van der Waals surface area contributed by atoms with Crippen LogP contribution in [0.2, 0.25) is 0 Å². The van der Waals surface area contributed by atoms with E-state index >= 15 is 0 Å². The number of hydrogen-bond acceptors (Lipinski definition) is 4. The first-order valence-electron chi connectivity index (χ1n) is 28.6. The molecule has 0 spiro atoms. The molecule has 0 saturated heterocycles. The molecule has 0 N–H and O–H groups in total. The van der Waals surface area contributed by atoms with Crippen LogP contribution >= 0.6 is 15.9 Å². The molecule has 2 aliphatic heterocycles. The Balaban J connectivity index is 0.000000147. The van der Waals surface area contributed by atoms with Crippen molar-refractivity contribution in [2.24, 2.45) is 11.8 Å². The topological polar surface area (TPSA) is 36.9 Å². The second-order valence-electron chi connectivity index (χ2n) is 22.3. The van der Waals surface area contributed by atoms with Crippen molar-refractivity contribution in [3.8, 4) is 67.5 Å². The summed E-state index contributed by atoms with van der Waals surface area (Å²) in [7, 11) is 0. The Kier molecular flexibility index (Phi) is 14.0. The molecular weight excluding hydrogens is 1010 g/mol. The Morgan fingerprint density at radius 2 is 0.701 bits per heavy atom. The van der Waals surface area contributed by atoms with E-state index < -0.39 is 0 Å². The van der Waals surface area contributed by atoms with Gasteiger partial charge in [0.2, 0.25) is 13.6 Å². The van der Waals surface area contributed by atoms with E-state index in [0.717, 1.165) is 66.9 Å². The van der Waals surface area contributed by atoms with Crippen molar-refractivity contribution in [1.29, 1.82) is 0 Å². The minimum Gasteiger partial charge on any atom is -0.457 e. The first kappa shape index (κ1) is 49.5. The van der Waals surface area contributed by atoms with Crippen molar-refractivity contribution >= 4 is 59.0 Å². The lowest BCUT2D eigenvalue weighted by atomic mass is 9.77. The van der Waals surface area contributed by atoms with Gasteiger partial charge in [-0.15, -0.1) is 0 Å². The molecule has 2 aliphatic carbocycles. The highest BCUT2D eigenvalue weighted by Gasteiger charge is 2.26. The summed E-state index contributed by atoms with van der Waals surface area (Å²) in [4.78, 5) is 0. The molecular formula is C72H67BrO4. The summed E-state index contributed by atoms with van der Waals surface area (Å²) in [5.74, 6) is 6.77. The minimum absolute atomic E-state index is 0.201. The summed E-state index contributed by atoms with van der Waals surface area (Å²) in [5.41, 5.74) is 12.4.